The Balaban J connectivity index is 0.000000566. The smallest absolute Gasteiger partial charge is 0.475 e. The maximum Gasteiger partial charge on any atom is 0.490 e. The van der Waals surface area contributed by atoms with Crippen LogP contribution in [0.25, 0.3) is 11.0 Å². The Labute approximate surface area is 258 Å². The number of hydrogen-bond donors (Lipinski definition) is 4. The largest absolute Gasteiger partial charge is 0.490 e. The lowest BCUT2D eigenvalue weighted by atomic mass is 10.0. The number of alkyl halides is 3. The molecule has 0 radical (unpaired) electrons. The van der Waals surface area contributed by atoms with Crippen molar-refractivity contribution in [3.8, 4) is 0 Å². The molecule has 18 heteroatoms. The molecule has 1 amide bonds. The fourth-order valence-electron chi connectivity index (χ4n) is 4.22. The molecule has 3 aromatic carbocycles. The molecule has 1 fully saturated rings. The summed E-state index contributed by atoms with van der Waals surface area (Å²) in [7, 11) is -7.89. The van der Waals surface area contributed by atoms with E-state index in [2.05, 4.69) is 14.7 Å². The highest BCUT2D eigenvalue weighted by Crippen LogP contribution is 2.32. The number of halogens is 5. The number of benzene rings is 3. The summed E-state index contributed by atoms with van der Waals surface area (Å²) in [4.78, 5) is 28.1. The number of hydrogen-bond acceptors (Lipinski definition) is 7. The lowest BCUT2D eigenvalue weighted by Gasteiger charge is -2.18. The molecule has 1 aliphatic heterocycles. The van der Waals surface area contributed by atoms with Crippen LogP contribution >= 0.6 is 23.2 Å². The van der Waals surface area contributed by atoms with E-state index in [1.54, 1.807) is 30.3 Å². The molecule has 2 heterocycles. The Morgan fingerprint density at radius 2 is 1.70 bits per heavy atom. The minimum atomic E-state index is -5.08. The maximum atomic E-state index is 13.3. The van der Waals surface area contributed by atoms with Gasteiger partial charge in [-0.15, -0.1) is 0 Å². The van der Waals surface area contributed by atoms with Crippen LogP contribution in [0.1, 0.15) is 34.7 Å². The van der Waals surface area contributed by atoms with Crippen molar-refractivity contribution < 1.29 is 44.7 Å². The van der Waals surface area contributed by atoms with E-state index in [1.807, 2.05) is 22.9 Å². The number of carbonyl (C=O) groups is 2. The molecule has 0 spiro atoms. The molecule has 1 saturated heterocycles. The third kappa shape index (κ3) is 7.68. The van der Waals surface area contributed by atoms with Crippen LogP contribution in [0.3, 0.4) is 0 Å². The third-order valence-corrected chi connectivity index (χ3v) is 10.4. The van der Waals surface area contributed by atoms with Crippen LogP contribution in [0, 0.1) is 0 Å². The van der Waals surface area contributed by atoms with Gasteiger partial charge in [0.2, 0.25) is 26.0 Å². The molecule has 4 N–H and O–H groups in total. The van der Waals surface area contributed by atoms with Gasteiger partial charge in [0.1, 0.15) is 16.0 Å². The number of para-hydroxylation sites is 2. The van der Waals surface area contributed by atoms with Gasteiger partial charge >= 0.3 is 12.1 Å². The average Bonchev–Trinajstić information content (AvgIpc) is 3.49. The summed E-state index contributed by atoms with van der Waals surface area (Å²) in [6.07, 6.45) is -5.05. The number of carboxylic acids is 1. The zero-order chi connectivity index (χ0) is 32.4. The minimum absolute atomic E-state index is 0.0923. The molecule has 1 unspecified atom stereocenters. The van der Waals surface area contributed by atoms with Gasteiger partial charge in [0.05, 0.1) is 33.5 Å². The maximum absolute atomic E-state index is 13.3. The summed E-state index contributed by atoms with van der Waals surface area (Å²) in [5, 5.41) is 6.17. The molecule has 44 heavy (non-hydrogen) atoms. The fraction of sp³-hybridized carbons (Fsp3) is 0.192. The lowest BCUT2D eigenvalue weighted by molar-refractivity contribution is -0.192. The number of imidazole rings is 1. The minimum Gasteiger partial charge on any atom is -0.475 e. The zero-order valence-electron chi connectivity index (χ0n) is 22.0. The number of amides is 1. The van der Waals surface area contributed by atoms with Crippen LogP contribution in [0.4, 0.5) is 13.2 Å². The number of nitrogens with zero attached hydrogens (tertiary/aromatic N) is 1. The second-order valence-electron chi connectivity index (χ2n) is 9.38. The molecule has 2 atom stereocenters. The van der Waals surface area contributed by atoms with Crippen LogP contribution in [-0.2, 0) is 36.1 Å². The van der Waals surface area contributed by atoms with Crippen molar-refractivity contribution in [2.45, 2.75) is 35.2 Å². The molecule has 1 aromatic heterocycles. The molecular formula is C26H21Cl2F3N4O7S2. The first kappa shape index (κ1) is 33.2. The van der Waals surface area contributed by atoms with Crippen LogP contribution in [0.2, 0.25) is 10.0 Å². The molecule has 234 valence electrons. The van der Waals surface area contributed by atoms with E-state index in [1.165, 1.54) is 18.2 Å². The Bertz CT molecular complexity index is 1900. The van der Waals surface area contributed by atoms with E-state index in [9.17, 15) is 34.8 Å². The quantitative estimate of drug-likeness (QED) is 0.216. The highest BCUT2D eigenvalue weighted by Gasteiger charge is 2.39. The monoisotopic (exact) mass is 692 g/mol. The second-order valence-corrected chi connectivity index (χ2v) is 13.7. The summed E-state index contributed by atoms with van der Waals surface area (Å²) >= 11 is 12.2. The standard InChI is InChI=1S/C24H20Cl2N4O5S2.C2HF3O2/c25-16-4-3-7-20(23(16)26)36(32,33)29-19(24-27-17-5-1-2-6-18(17)28-24)12-14-8-10-15(11-9-14)21-13-22(31)30-37(21,34)35;3-2(4,5)1(6)7/h1-11,19,21,29H,12-13H2,(H,27,28)(H,30,31);(H,6,7)/t19-,21?;/m0./s1. The van der Waals surface area contributed by atoms with Crippen molar-refractivity contribution in [1.82, 2.24) is 19.4 Å². The zero-order valence-corrected chi connectivity index (χ0v) is 25.1. The number of carboxylic acid groups (broad SMARTS) is 1. The molecule has 4 aromatic rings. The van der Waals surface area contributed by atoms with E-state index in [0.29, 0.717) is 22.5 Å². The van der Waals surface area contributed by atoms with Gasteiger partial charge in [0, 0.05) is 0 Å². The third-order valence-electron chi connectivity index (χ3n) is 6.28. The van der Waals surface area contributed by atoms with Crippen molar-refractivity contribution in [2.24, 2.45) is 0 Å². The van der Waals surface area contributed by atoms with Crippen LogP contribution in [-0.4, -0.2) is 50.0 Å². The predicted molar refractivity (Wildman–Crippen MR) is 154 cm³/mol. The van der Waals surface area contributed by atoms with Crippen molar-refractivity contribution in [3.63, 3.8) is 0 Å². The number of nitrogens with one attached hydrogen (secondary N) is 3. The topological polar surface area (TPSA) is 175 Å². The highest BCUT2D eigenvalue weighted by molar-refractivity contribution is 7.90. The van der Waals surface area contributed by atoms with E-state index < -0.39 is 49.4 Å². The number of carbonyl (C=O) groups excluding carboxylic acids is 1. The molecule has 5 rings (SSSR count). The van der Waals surface area contributed by atoms with Gasteiger partial charge in [0.25, 0.3) is 0 Å². The molecular weight excluding hydrogens is 672 g/mol. The van der Waals surface area contributed by atoms with Gasteiger partial charge in [-0.05, 0) is 41.8 Å². The fourth-order valence-corrected chi connectivity index (χ4v) is 7.62. The van der Waals surface area contributed by atoms with Gasteiger partial charge in [-0.2, -0.15) is 13.2 Å². The molecule has 0 bridgehead atoms. The number of rotatable bonds is 7. The Morgan fingerprint density at radius 1 is 1.07 bits per heavy atom. The Hall–Kier alpha value is -3.70. The summed E-state index contributed by atoms with van der Waals surface area (Å²) in [5.74, 6) is -2.92. The van der Waals surface area contributed by atoms with Crippen LogP contribution in [0.5, 0.6) is 0 Å². The first-order chi connectivity index (χ1) is 20.5. The molecule has 11 nitrogen and oxygen atoms in total. The molecule has 0 saturated carbocycles. The number of fused-ring (bicyclic) bond motifs is 1. The molecule has 0 aliphatic carbocycles. The SMILES string of the molecule is O=C(O)C(F)(F)F.O=C1CC(c2ccc(C[C@H](NS(=O)(=O)c3cccc(Cl)c3Cl)c3nc4ccccc4[nH]3)cc2)S(=O)(=O)N1. The number of aromatic amines is 1. The van der Waals surface area contributed by atoms with Crippen molar-refractivity contribution in [3.05, 3.63) is 93.7 Å². The first-order valence-electron chi connectivity index (χ1n) is 12.3. The Kier molecular flexibility index (Phi) is 9.60. The summed E-state index contributed by atoms with van der Waals surface area (Å²) in [6, 6.07) is 17.5. The van der Waals surface area contributed by atoms with E-state index >= 15 is 0 Å². The molecule has 1 aliphatic rings. The normalized spacial score (nSPS) is 17.0. The lowest BCUT2D eigenvalue weighted by Crippen LogP contribution is -2.31. The van der Waals surface area contributed by atoms with E-state index in [-0.39, 0.29) is 27.8 Å². The number of H-pyrrole nitrogens is 1. The van der Waals surface area contributed by atoms with E-state index in [4.69, 9.17) is 33.1 Å². The van der Waals surface area contributed by atoms with Crippen molar-refractivity contribution >= 4 is 66.2 Å². The predicted octanol–water partition coefficient (Wildman–Crippen LogP) is 4.66. The summed E-state index contributed by atoms with van der Waals surface area (Å²) in [6.45, 7) is 0. The average molecular weight is 694 g/mol. The van der Waals surface area contributed by atoms with Crippen molar-refractivity contribution in [1.29, 1.82) is 0 Å². The summed E-state index contributed by atoms with van der Waals surface area (Å²) < 4.78 is 87.5. The van der Waals surface area contributed by atoms with Gasteiger partial charge in [0.15, 0.2) is 0 Å². The van der Waals surface area contributed by atoms with Crippen LogP contribution < -0.4 is 9.44 Å². The van der Waals surface area contributed by atoms with Crippen LogP contribution in [0.15, 0.2) is 71.6 Å². The second kappa shape index (κ2) is 12.7. The van der Waals surface area contributed by atoms with Gasteiger partial charge in [-0.25, -0.2) is 31.3 Å². The number of aliphatic carboxylic acids is 1. The highest BCUT2D eigenvalue weighted by atomic mass is 35.5. The summed E-state index contributed by atoms with van der Waals surface area (Å²) in [5.41, 5.74) is 2.58. The van der Waals surface area contributed by atoms with Gasteiger partial charge in [-0.1, -0.05) is 65.7 Å². The first-order valence-corrected chi connectivity index (χ1v) is 16.1. The van der Waals surface area contributed by atoms with Gasteiger partial charge in [-0.3, -0.25) is 9.52 Å². The van der Waals surface area contributed by atoms with Crippen molar-refractivity contribution in [2.75, 3.05) is 0 Å². The Morgan fingerprint density at radius 3 is 2.27 bits per heavy atom. The number of sulfonamides is 2. The van der Waals surface area contributed by atoms with E-state index in [0.717, 1.165) is 5.52 Å². The number of aromatic nitrogens is 2. The van der Waals surface area contributed by atoms with Gasteiger partial charge < -0.3 is 10.1 Å².